The van der Waals surface area contributed by atoms with Crippen LogP contribution >= 0.6 is 0 Å². The quantitative estimate of drug-likeness (QED) is 0.788. The van der Waals surface area contributed by atoms with Gasteiger partial charge in [0.25, 0.3) is 0 Å². The van der Waals surface area contributed by atoms with Crippen LogP contribution in [0.25, 0.3) is 0 Å². The van der Waals surface area contributed by atoms with E-state index in [0.717, 1.165) is 44.5 Å². The van der Waals surface area contributed by atoms with Crippen molar-refractivity contribution in [2.24, 2.45) is 0 Å². The van der Waals surface area contributed by atoms with Crippen LogP contribution in [0, 0.1) is 0 Å². The Hall–Kier alpha value is -1.88. The normalized spacial score (nSPS) is 15.3. The zero-order valence-corrected chi connectivity index (χ0v) is 15.6. The van der Waals surface area contributed by atoms with Crippen LogP contribution in [0.15, 0.2) is 24.3 Å². The molecule has 1 aliphatic heterocycles. The summed E-state index contributed by atoms with van der Waals surface area (Å²) >= 11 is 0. The van der Waals surface area contributed by atoms with Crippen LogP contribution in [-0.2, 0) is 22.7 Å². The SMILES string of the molecule is CCN(CC)Cc1ccccc1CNC(=O)CN1CCCCCC1=O. The highest BCUT2D eigenvalue weighted by atomic mass is 16.2. The minimum Gasteiger partial charge on any atom is -0.350 e. The van der Waals surface area contributed by atoms with Crippen LogP contribution < -0.4 is 5.32 Å². The van der Waals surface area contributed by atoms with E-state index in [1.54, 1.807) is 4.90 Å². The number of nitrogens with zero attached hydrogens (tertiary/aromatic N) is 2. The van der Waals surface area contributed by atoms with Crippen molar-refractivity contribution in [2.75, 3.05) is 26.2 Å². The lowest BCUT2D eigenvalue weighted by molar-refractivity contribution is -0.135. The monoisotopic (exact) mass is 345 g/mol. The molecule has 2 rings (SSSR count). The highest BCUT2D eigenvalue weighted by Crippen LogP contribution is 2.13. The lowest BCUT2D eigenvalue weighted by Crippen LogP contribution is -2.40. The van der Waals surface area contributed by atoms with Gasteiger partial charge in [-0.15, -0.1) is 0 Å². The molecule has 5 heteroatoms. The number of carbonyl (C=O) groups excluding carboxylic acids is 2. The molecule has 1 N–H and O–H groups in total. The van der Waals surface area contributed by atoms with Crippen LogP contribution in [-0.4, -0.2) is 47.8 Å². The molecule has 0 aromatic heterocycles. The summed E-state index contributed by atoms with van der Waals surface area (Å²) in [5.41, 5.74) is 2.39. The fraction of sp³-hybridized carbons (Fsp3) is 0.600. The minimum atomic E-state index is -0.0760. The third-order valence-corrected chi connectivity index (χ3v) is 4.89. The summed E-state index contributed by atoms with van der Waals surface area (Å²) in [5.74, 6) is 0.0301. The van der Waals surface area contributed by atoms with E-state index in [1.165, 1.54) is 5.56 Å². The van der Waals surface area contributed by atoms with Gasteiger partial charge in [0.1, 0.15) is 0 Å². The summed E-state index contributed by atoms with van der Waals surface area (Å²) in [4.78, 5) is 28.3. The molecule has 0 bridgehead atoms. The number of likely N-dealkylation sites (tertiary alicyclic amines) is 1. The van der Waals surface area contributed by atoms with Crippen molar-refractivity contribution in [2.45, 2.75) is 52.6 Å². The van der Waals surface area contributed by atoms with Gasteiger partial charge >= 0.3 is 0 Å². The maximum atomic E-state index is 12.3. The van der Waals surface area contributed by atoms with Gasteiger partial charge in [0.2, 0.25) is 11.8 Å². The van der Waals surface area contributed by atoms with Crippen LogP contribution in [0.3, 0.4) is 0 Å². The topological polar surface area (TPSA) is 52.7 Å². The van der Waals surface area contributed by atoms with Gasteiger partial charge in [0, 0.05) is 26.1 Å². The highest BCUT2D eigenvalue weighted by molar-refractivity contribution is 5.84. The van der Waals surface area contributed by atoms with Crippen molar-refractivity contribution in [1.29, 1.82) is 0 Å². The van der Waals surface area contributed by atoms with Crippen LogP contribution in [0.2, 0.25) is 0 Å². The summed E-state index contributed by atoms with van der Waals surface area (Å²) in [6.07, 6.45) is 3.57. The molecule has 0 spiro atoms. The number of rotatable bonds is 8. The van der Waals surface area contributed by atoms with E-state index in [9.17, 15) is 9.59 Å². The predicted octanol–water partition coefficient (Wildman–Crippen LogP) is 2.55. The van der Waals surface area contributed by atoms with Gasteiger partial charge in [-0.05, 0) is 37.1 Å². The minimum absolute atomic E-state index is 0.0760. The molecule has 0 atom stereocenters. The van der Waals surface area contributed by atoms with Crippen molar-refractivity contribution < 1.29 is 9.59 Å². The zero-order valence-electron chi connectivity index (χ0n) is 15.6. The summed E-state index contributed by atoms with van der Waals surface area (Å²) in [6.45, 7) is 8.62. The van der Waals surface area contributed by atoms with Crippen LogP contribution in [0.4, 0.5) is 0 Å². The lowest BCUT2D eigenvalue weighted by atomic mass is 10.1. The van der Waals surface area contributed by atoms with Gasteiger partial charge in [0.05, 0.1) is 6.54 Å². The van der Waals surface area contributed by atoms with Gasteiger partial charge in [-0.25, -0.2) is 0 Å². The first-order valence-electron chi connectivity index (χ1n) is 9.47. The maximum Gasteiger partial charge on any atom is 0.239 e. The van der Waals surface area contributed by atoms with E-state index in [0.29, 0.717) is 19.5 Å². The predicted molar refractivity (Wildman–Crippen MR) is 100.0 cm³/mol. The van der Waals surface area contributed by atoms with Crippen molar-refractivity contribution in [3.8, 4) is 0 Å². The molecule has 0 radical (unpaired) electrons. The Morgan fingerprint density at radius 3 is 2.56 bits per heavy atom. The number of hydrogen-bond acceptors (Lipinski definition) is 3. The third-order valence-electron chi connectivity index (χ3n) is 4.89. The average Bonchev–Trinajstić information content (AvgIpc) is 2.83. The van der Waals surface area contributed by atoms with Gasteiger partial charge < -0.3 is 10.2 Å². The summed E-state index contributed by atoms with van der Waals surface area (Å²) in [6, 6.07) is 8.24. The second-order valence-electron chi connectivity index (χ2n) is 6.63. The lowest BCUT2D eigenvalue weighted by Gasteiger charge is -2.21. The number of carbonyl (C=O) groups is 2. The Labute approximate surface area is 151 Å². The molecular weight excluding hydrogens is 314 g/mol. The molecule has 1 aromatic rings. The molecule has 138 valence electrons. The molecule has 1 fully saturated rings. The fourth-order valence-electron chi connectivity index (χ4n) is 3.20. The first-order valence-corrected chi connectivity index (χ1v) is 9.47. The van der Waals surface area contributed by atoms with Gasteiger partial charge in [-0.2, -0.15) is 0 Å². The standard InChI is InChI=1S/C20H31N3O2/c1-3-22(4-2)15-18-11-8-7-10-17(18)14-21-19(24)16-23-13-9-5-6-12-20(23)25/h7-8,10-11H,3-6,9,12-16H2,1-2H3,(H,21,24). The van der Waals surface area contributed by atoms with Crippen molar-refractivity contribution >= 4 is 11.8 Å². The summed E-state index contributed by atoms with van der Waals surface area (Å²) in [7, 11) is 0. The molecule has 2 amide bonds. The van der Waals surface area contributed by atoms with E-state index in [2.05, 4.69) is 36.2 Å². The highest BCUT2D eigenvalue weighted by Gasteiger charge is 2.19. The molecule has 1 aromatic carbocycles. The molecule has 5 nitrogen and oxygen atoms in total. The molecule has 0 unspecified atom stereocenters. The largest absolute Gasteiger partial charge is 0.350 e. The number of amides is 2. The third kappa shape index (κ3) is 6.16. The molecular formula is C20H31N3O2. The Bertz CT molecular complexity index is 570. The molecule has 25 heavy (non-hydrogen) atoms. The molecule has 0 saturated carbocycles. The van der Waals surface area contributed by atoms with E-state index >= 15 is 0 Å². The Balaban J connectivity index is 1.89. The van der Waals surface area contributed by atoms with E-state index in [-0.39, 0.29) is 18.4 Å². The first-order chi connectivity index (χ1) is 12.1. The smallest absolute Gasteiger partial charge is 0.239 e. The van der Waals surface area contributed by atoms with Gasteiger partial charge in [-0.3, -0.25) is 14.5 Å². The van der Waals surface area contributed by atoms with Gasteiger partial charge in [0.15, 0.2) is 0 Å². The molecule has 1 aliphatic rings. The summed E-state index contributed by atoms with van der Waals surface area (Å²) < 4.78 is 0. The van der Waals surface area contributed by atoms with E-state index in [1.807, 2.05) is 12.1 Å². The second-order valence-corrected chi connectivity index (χ2v) is 6.63. The molecule has 0 aliphatic carbocycles. The Morgan fingerprint density at radius 2 is 1.84 bits per heavy atom. The van der Waals surface area contributed by atoms with Crippen molar-refractivity contribution in [3.05, 3.63) is 35.4 Å². The zero-order chi connectivity index (χ0) is 18.1. The van der Waals surface area contributed by atoms with Gasteiger partial charge in [-0.1, -0.05) is 44.5 Å². The second kappa shape index (κ2) is 10.2. The van der Waals surface area contributed by atoms with E-state index < -0.39 is 0 Å². The summed E-state index contributed by atoms with van der Waals surface area (Å²) in [5, 5.41) is 2.99. The maximum absolute atomic E-state index is 12.3. The van der Waals surface area contributed by atoms with Crippen molar-refractivity contribution in [3.63, 3.8) is 0 Å². The average molecular weight is 345 g/mol. The number of benzene rings is 1. The number of nitrogens with one attached hydrogen (secondary N) is 1. The Morgan fingerprint density at radius 1 is 1.12 bits per heavy atom. The van der Waals surface area contributed by atoms with Crippen LogP contribution in [0.5, 0.6) is 0 Å². The van der Waals surface area contributed by atoms with Crippen LogP contribution in [0.1, 0.15) is 50.7 Å². The number of hydrogen-bond donors (Lipinski definition) is 1. The first kappa shape index (κ1) is 19.4. The molecule has 1 heterocycles. The fourth-order valence-corrected chi connectivity index (χ4v) is 3.20. The van der Waals surface area contributed by atoms with Crippen molar-refractivity contribution in [1.82, 2.24) is 15.1 Å². The Kier molecular flexibility index (Phi) is 7.92. The molecule has 1 saturated heterocycles. The van der Waals surface area contributed by atoms with E-state index in [4.69, 9.17) is 0 Å².